The molecule has 4 heterocycles. The van der Waals surface area contributed by atoms with E-state index in [-0.39, 0.29) is 0 Å². The molecule has 0 radical (unpaired) electrons. The van der Waals surface area contributed by atoms with Crippen LogP contribution in [0, 0.1) is 6.92 Å². The molecule has 190 valence electrons. The molecule has 0 unspecified atom stereocenters. The Morgan fingerprint density at radius 2 is 1.76 bits per heavy atom. The smallest absolute Gasteiger partial charge is 0.160 e. The second kappa shape index (κ2) is 10.8. The molecule has 2 aromatic heterocycles. The molecule has 0 saturated carbocycles. The van der Waals surface area contributed by atoms with E-state index in [1.165, 1.54) is 22.8 Å². The third kappa shape index (κ3) is 5.42. The fourth-order valence-corrected chi connectivity index (χ4v) is 5.67. The van der Waals surface area contributed by atoms with E-state index in [4.69, 9.17) is 14.8 Å². The summed E-state index contributed by atoms with van der Waals surface area (Å²) in [6, 6.07) is 21.0. The number of benzene rings is 2. The summed E-state index contributed by atoms with van der Waals surface area (Å²) in [7, 11) is 0. The fourth-order valence-electron chi connectivity index (χ4n) is 4.76. The molecule has 6 rings (SSSR count). The number of hydrazone groups is 1. The summed E-state index contributed by atoms with van der Waals surface area (Å²) in [5, 5.41) is 9.42. The zero-order valence-corrected chi connectivity index (χ0v) is 21.8. The van der Waals surface area contributed by atoms with Crippen LogP contribution >= 0.6 is 11.8 Å². The van der Waals surface area contributed by atoms with Crippen molar-refractivity contribution in [2.45, 2.75) is 6.92 Å². The largest absolute Gasteiger partial charge is 0.378 e. The molecule has 0 aliphatic carbocycles. The minimum atomic E-state index is 0.683. The zero-order valence-electron chi connectivity index (χ0n) is 21.0. The van der Waals surface area contributed by atoms with Crippen molar-refractivity contribution in [2.75, 3.05) is 66.1 Å². The summed E-state index contributed by atoms with van der Waals surface area (Å²) in [5.41, 5.74) is 9.42. The molecule has 37 heavy (non-hydrogen) atoms. The number of nitrogens with one attached hydrogen (secondary N) is 1. The summed E-state index contributed by atoms with van der Waals surface area (Å²) in [5.74, 6) is 4.04. The van der Waals surface area contributed by atoms with Gasteiger partial charge in [0, 0.05) is 61.1 Å². The van der Waals surface area contributed by atoms with Gasteiger partial charge in [0.15, 0.2) is 11.5 Å². The van der Waals surface area contributed by atoms with Crippen LogP contribution in [0.15, 0.2) is 65.8 Å². The predicted molar refractivity (Wildman–Crippen MR) is 153 cm³/mol. The second-order valence-corrected chi connectivity index (χ2v) is 10.6. The van der Waals surface area contributed by atoms with Crippen LogP contribution < -0.4 is 15.2 Å². The van der Waals surface area contributed by atoms with E-state index < -0.39 is 0 Å². The van der Waals surface area contributed by atoms with E-state index in [1.807, 2.05) is 46.8 Å². The van der Waals surface area contributed by atoms with Crippen molar-refractivity contribution in [1.29, 1.82) is 0 Å². The van der Waals surface area contributed by atoms with Crippen molar-refractivity contribution in [1.82, 2.24) is 14.6 Å². The highest BCUT2D eigenvalue weighted by Crippen LogP contribution is 2.28. The van der Waals surface area contributed by atoms with Gasteiger partial charge in [-0.05, 0) is 24.6 Å². The third-order valence-electron chi connectivity index (χ3n) is 6.72. The highest BCUT2D eigenvalue weighted by atomic mass is 32.2. The predicted octanol–water partition coefficient (Wildman–Crippen LogP) is 4.54. The third-order valence-corrected chi connectivity index (χ3v) is 7.66. The van der Waals surface area contributed by atoms with Gasteiger partial charge >= 0.3 is 0 Å². The molecule has 1 N–H and O–H groups in total. The Kier molecular flexibility index (Phi) is 6.96. The molecule has 0 spiro atoms. The number of ether oxygens (including phenoxy) is 1. The van der Waals surface area contributed by atoms with Gasteiger partial charge in [-0.2, -0.15) is 26.5 Å². The summed E-state index contributed by atoms with van der Waals surface area (Å²) in [6.45, 7) is 7.30. The molecule has 2 saturated heterocycles. The molecule has 0 amide bonds. The fraction of sp³-hybridized carbons (Fsp3) is 0.321. The van der Waals surface area contributed by atoms with E-state index in [1.54, 1.807) is 0 Å². The second-order valence-electron chi connectivity index (χ2n) is 9.33. The van der Waals surface area contributed by atoms with Crippen LogP contribution in [0.2, 0.25) is 0 Å². The summed E-state index contributed by atoms with van der Waals surface area (Å²) >= 11 is 2.03. The van der Waals surface area contributed by atoms with Gasteiger partial charge in [0.1, 0.15) is 5.82 Å². The van der Waals surface area contributed by atoms with E-state index in [0.29, 0.717) is 19.0 Å². The highest BCUT2D eigenvalue weighted by molar-refractivity contribution is 7.99. The molecule has 0 atom stereocenters. The number of morpholine rings is 1. The van der Waals surface area contributed by atoms with Crippen molar-refractivity contribution in [3.63, 3.8) is 0 Å². The van der Waals surface area contributed by atoms with Gasteiger partial charge in [-0.3, -0.25) is 5.43 Å². The Balaban J connectivity index is 1.30. The van der Waals surface area contributed by atoms with Crippen molar-refractivity contribution in [2.24, 2.45) is 5.10 Å². The van der Waals surface area contributed by atoms with Crippen molar-refractivity contribution < 1.29 is 4.74 Å². The molecule has 4 aromatic rings. The van der Waals surface area contributed by atoms with Gasteiger partial charge in [-0.25, -0.2) is 4.98 Å². The van der Waals surface area contributed by atoms with Crippen LogP contribution in [0.5, 0.6) is 0 Å². The first-order valence-corrected chi connectivity index (χ1v) is 13.9. The van der Waals surface area contributed by atoms with Crippen molar-refractivity contribution >= 4 is 40.9 Å². The van der Waals surface area contributed by atoms with Gasteiger partial charge in [0.05, 0.1) is 25.1 Å². The van der Waals surface area contributed by atoms with Gasteiger partial charge in [0.2, 0.25) is 0 Å². The lowest BCUT2D eigenvalue weighted by molar-refractivity contribution is 0.122. The molecule has 2 aliphatic heterocycles. The van der Waals surface area contributed by atoms with E-state index in [0.717, 1.165) is 54.5 Å². The number of thioether (sulfide) groups is 1. The van der Waals surface area contributed by atoms with Crippen molar-refractivity contribution in [3.8, 4) is 11.3 Å². The molecule has 2 aromatic carbocycles. The van der Waals surface area contributed by atoms with E-state index in [9.17, 15) is 0 Å². The van der Waals surface area contributed by atoms with Gasteiger partial charge in [-0.1, -0.05) is 42.0 Å². The number of nitrogens with zero attached hydrogens (tertiary/aromatic N) is 6. The molecule has 8 nitrogen and oxygen atoms in total. The van der Waals surface area contributed by atoms with E-state index in [2.05, 4.69) is 63.6 Å². The monoisotopic (exact) mass is 513 g/mol. The van der Waals surface area contributed by atoms with Gasteiger partial charge < -0.3 is 14.5 Å². The first kappa shape index (κ1) is 23.8. The average molecular weight is 514 g/mol. The molecule has 2 fully saturated rings. The Hall–Kier alpha value is -3.56. The normalized spacial score (nSPS) is 16.6. The maximum absolute atomic E-state index is 5.59. The number of hydrogen-bond donors (Lipinski definition) is 1. The van der Waals surface area contributed by atoms with Crippen molar-refractivity contribution in [3.05, 3.63) is 71.8 Å². The zero-order chi connectivity index (χ0) is 25.0. The summed E-state index contributed by atoms with van der Waals surface area (Å²) in [6.07, 6.45) is 1.82. The minimum absolute atomic E-state index is 0.683. The maximum atomic E-state index is 5.59. The molecular formula is C28H31N7OS. The van der Waals surface area contributed by atoms with Crippen LogP contribution in [0.1, 0.15) is 11.1 Å². The van der Waals surface area contributed by atoms with Crippen LogP contribution in [0.4, 0.5) is 17.3 Å². The molecular weight excluding hydrogens is 482 g/mol. The average Bonchev–Trinajstić information content (AvgIpc) is 3.38. The van der Waals surface area contributed by atoms with E-state index >= 15 is 0 Å². The van der Waals surface area contributed by atoms with Gasteiger partial charge in [-0.15, -0.1) is 0 Å². The standard InChI is InChI=1S/C28H31N7OS/c1-21-3-2-4-22(17-21)20-29-31-26-19-28(34-9-13-36-14-10-34)35-27(30-26)18-25(32-35)23-5-7-24(8-6-23)33-11-15-37-16-12-33/h2-8,17-20H,9-16H2,1H3,(H,30,31). The lowest BCUT2D eigenvalue weighted by Gasteiger charge is -2.29. The number of rotatable bonds is 6. The maximum Gasteiger partial charge on any atom is 0.160 e. The Bertz CT molecular complexity index is 1390. The Morgan fingerprint density at radius 3 is 2.54 bits per heavy atom. The number of hydrogen-bond acceptors (Lipinski definition) is 8. The number of anilines is 3. The Labute approximate surface area is 221 Å². The number of fused-ring (bicyclic) bond motifs is 1. The van der Waals surface area contributed by atoms with Crippen LogP contribution in [-0.2, 0) is 4.74 Å². The molecule has 9 heteroatoms. The SMILES string of the molecule is Cc1cccc(C=NNc2cc(N3CCOCC3)n3nc(-c4ccc(N5CCSCC5)cc4)cc3n2)c1. The first-order chi connectivity index (χ1) is 18.2. The summed E-state index contributed by atoms with van der Waals surface area (Å²) < 4.78 is 7.53. The first-order valence-electron chi connectivity index (χ1n) is 12.8. The van der Waals surface area contributed by atoms with Crippen LogP contribution in [0.25, 0.3) is 16.9 Å². The Morgan fingerprint density at radius 1 is 0.946 bits per heavy atom. The lowest BCUT2D eigenvalue weighted by Crippen LogP contribution is -2.37. The van der Waals surface area contributed by atoms with Crippen LogP contribution in [-0.4, -0.2) is 71.7 Å². The van der Waals surface area contributed by atoms with Crippen LogP contribution in [0.3, 0.4) is 0 Å². The highest BCUT2D eigenvalue weighted by Gasteiger charge is 2.19. The molecule has 2 aliphatic rings. The molecule has 0 bridgehead atoms. The quantitative estimate of drug-likeness (QED) is 0.300. The number of aryl methyl sites for hydroxylation is 1. The summed E-state index contributed by atoms with van der Waals surface area (Å²) in [4.78, 5) is 9.57. The lowest BCUT2D eigenvalue weighted by atomic mass is 10.1. The minimum Gasteiger partial charge on any atom is -0.378 e. The van der Waals surface area contributed by atoms with Gasteiger partial charge in [0.25, 0.3) is 0 Å². The topological polar surface area (TPSA) is 70.3 Å². The number of aromatic nitrogens is 3.